The number of benzene rings is 3. The van der Waals surface area contributed by atoms with Gasteiger partial charge in [0.25, 0.3) is 16.7 Å². The van der Waals surface area contributed by atoms with Gasteiger partial charge in [-0.3, -0.25) is 57.4 Å². The number of aromatic nitrogens is 9. The third kappa shape index (κ3) is 18.4. The molecule has 3 fully saturated rings. The molecule has 27 nitrogen and oxygen atoms in total. The standard InChI is InChI=1S/3C33H30Cl3F2N7O2/c3*1-7-21(46)44-16(5)12-43(13-17(44)6)31-18-10-20(34)29(22-25(37)26(38)23(35)24(36)27(22)40)42-32(18)45(33(47)19(31)11-39)30-15(4)8-9-41-28(30)14(2)3/h3*7-10,14,16-17H,1,12-13,40H2,2-6H3/t3*16-,17+. The molecule has 0 radical (unpaired) electrons. The molecule has 6 N–H and O–H groups in total. The number of carbonyl (C=O) groups is 3. The Hall–Kier alpha value is -12.7. The van der Waals surface area contributed by atoms with E-state index in [2.05, 4.69) is 67.8 Å². The molecule has 141 heavy (non-hydrogen) atoms. The molecule has 0 unspecified atom stereocenters. The van der Waals surface area contributed by atoms with Crippen LogP contribution in [0.15, 0.2) is 107 Å². The monoisotopic (exact) mass is 2100 g/mol. The van der Waals surface area contributed by atoms with Crippen molar-refractivity contribution in [3.8, 4) is 69.0 Å². The zero-order chi connectivity index (χ0) is 104. The Morgan fingerprint density at radius 3 is 0.787 bits per heavy atom. The summed E-state index contributed by atoms with van der Waals surface area (Å²) in [5.41, 5.74) is 17.3. The summed E-state index contributed by atoms with van der Waals surface area (Å²) in [4.78, 5) is 120. The van der Waals surface area contributed by atoms with Gasteiger partial charge in [-0.25, -0.2) is 41.3 Å². The first-order chi connectivity index (χ1) is 66.5. The molecule has 3 saturated heterocycles. The summed E-state index contributed by atoms with van der Waals surface area (Å²) >= 11 is 56.5. The molecule has 6 atom stereocenters. The highest BCUT2D eigenvalue weighted by molar-refractivity contribution is 6.46. The van der Waals surface area contributed by atoms with Crippen LogP contribution < -0.4 is 48.6 Å². The summed E-state index contributed by atoms with van der Waals surface area (Å²) in [5.74, 6) is -9.89. The molecule has 3 aliphatic rings. The Morgan fingerprint density at radius 2 is 0.596 bits per heavy atom. The van der Waals surface area contributed by atoms with Gasteiger partial charge in [0.15, 0.2) is 34.9 Å². The van der Waals surface area contributed by atoms with Gasteiger partial charge in [-0.15, -0.1) is 0 Å². The fourth-order valence-corrected chi connectivity index (χ4v) is 20.7. The largest absolute Gasteiger partial charge is 0.397 e. The van der Waals surface area contributed by atoms with Crippen molar-refractivity contribution in [3.05, 3.63) is 255 Å². The number of hydrogen-bond acceptors (Lipinski definition) is 21. The first-order valence-corrected chi connectivity index (χ1v) is 47.3. The van der Waals surface area contributed by atoms with Crippen molar-refractivity contribution in [3.63, 3.8) is 0 Å². The smallest absolute Gasteiger partial charge is 0.276 e. The van der Waals surface area contributed by atoms with Crippen LogP contribution in [-0.4, -0.2) is 152 Å². The summed E-state index contributed by atoms with van der Waals surface area (Å²) in [7, 11) is 0. The van der Waals surface area contributed by atoms with Crippen molar-refractivity contribution in [1.29, 1.82) is 15.8 Å². The van der Waals surface area contributed by atoms with Crippen molar-refractivity contribution < 1.29 is 40.7 Å². The Labute approximate surface area is 850 Å². The number of fused-ring (bicyclic) bond motifs is 3. The summed E-state index contributed by atoms with van der Waals surface area (Å²) in [6.07, 6.45) is 8.55. The van der Waals surface area contributed by atoms with E-state index in [0.717, 1.165) is 0 Å². The molecule has 0 spiro atoms. The quantitative estimate of drug-likeness (QED) is 0.0282. The van der Waals surface area contributed by atoms with E-state index < -0.39 is 115 Å². The van der Waals surface area contributed by atoms with Crippen LogP contribution in [0.5, 0.6) is 0 Å². The van der Waals surface area contributed by atoms with Gasteiger partial charge in [-0.05, 0) is 151 Å². The fourth-order valence-electron chi connectivity index (χ4n) is 18.9. The molecule has 3 amide bonds. The number of aryl methyl sites for hydroxylation is 3. The molecule has 3 aromatic carbocycles. The first-order valence-electron chi connectivity index (χ1n) is 43.9. The number of anilines is 6. The van der Waals surface area contributed by atoms with E-state index in [0.29, 0.717) is 50.8 Å². The van der Waals surface area contributed by atoms with Gasteiger partial charge in [-0.2, -0.15) is 15.8 Å². The van der Waals surface area contributed by atoms with Crippen LogP contribution in [0, 0.1) is 89.7 Å². The number of halogens is 15. The lowest BCUT2D eigenvalue weighted by Gasteiger charge is -2.45. The topological polar surface area (TPSA) is 363 Å². The van der Waals surface area contributed by atoms with Crippen LogP contribution in [0.25, 0.3) is 83.9 Å². The van der Waals surface area contributed by atoms with Gasteiger partial charge < -0.3 is 46.6 Å². The summed E-state index contributed by atoms with van der Waals surface area (Å²) < 4.78 is 95.1. The number of nitrogens with two attached hydrogens (primary N) is 3. The Morgan fingerprint density at radius 1 is 0.383 bits per heavy atom. The third-order valence-electron chi connectivity index (χ3n) is 25.0. The Kier molecular flexibility index (Phi) is 31.0. The van der Waals surface area contributed by atoms with E-state index >= 15 is 13.2 Å². The number of carbonyl (C=O) groups excluding carboxylic acids is 3. The summed E-state index contributed by atoms with van der Waals surface area (Å²) in [6, 6.07) is 13.7. The van der Waals surface area contributed by atoms with Crippen molar-refractivity contribution in [1.82, 2.24) is 58.3 Å². The van der Waals surface area contributed by atoms with E-state index in [1.54, 1.807) is 72.3 Å². The zero-order valence-electron chi connectivity index (χ0n) is 78.4. The van der Waals surface area contributed by atoms with E-state index in [1.165, 1.54) is 50.1 Å². The van der Waals surface area contributed by atoms with Crippen molar-refractivity contribution in [2.24, 2.45) is 0 Å². The highest BCUT2D eigenvalue weighted by Crippen LogP contribution is 2.51. The molecule has 3 aliphatic heterocycles. The molecule has 15 rings (SSSR count). The van der Waals surface area contributed by atoms with Gasteiger partial charge in [0.1, 0.15) is 66.9 Å². The third-order valence-corrected chi connectivity index (χ3v) is 28.3. The number of nitriles is 3. The van der Waals surface area contributed by atoms with Crippen molar-refractivity contribution >= 4 is 189 Å². The number of piperazine rings is 3. The predicted molar refractivity (Wildman–Crippen MR) is 545 cm³/mol. The van der Waals surface area contributed by atoms with Crippen LogP contribution in [0.4, 0.5) is 60.5 Å². The molecular weight excluding hydrogens is 2010 g/mol. The maximum absolute atomic E-state index is 15.5. The number of nitrogens with zero attached hydrogens (tertiary/aromatic N) is 18. The second-order valence-electron chi connectivity index (χ2n) is 35.3. The second kappa shape index (κ2) is 41.5. The van der Waals surface area contributed by atoms with Crippen LogP contribution >= 0.6 is 104 Å². The second-order valence-corrected chi connectivity index (χ2v) is 38.8. The lowest BCUT2D eigenvalue weighted by atomic mass is 10.0. The molecule has 732 valence electrons. The van der Waals surface area contributed by atoms with Gasteiger partial charge in [0.2, 0.25) is 17.7 Å². The fraction of sp³-hybridized carbons (Fsp3) is 0.303. The number of amides is 3. The van der Waals surface area contributed by atoms with Crippen LogP contribution in [-0.2, 0) is 14.4 Å². The number of rotatable bonds is 15. The van der Waals surface area contributed by atoms with E-state index in [1.807, 2.05) is 97.8 Å². The van der Waals surface area contributed by atoms with Gasteiger partial charge in [0.05, 0.1) is 132 Å². The SMILES string of the molecule is C=CC(=O)N1[C@H](C)CN(c2c(C#N)c(=O)n(-c3c(C)ccnc3C(C)C)c3nc(-c4c(N)c(Cl)c(Cl)c(F)c4F)c(Cl)cc23)C[C@@H]1C.C=CC(=O)N1[C@H](C)CN(c2c(C#N)c(=O)n(-c3c(C)ccnc3C(C)C)c3nc(-c4c(N)c(Cl)c(Cl)c(F)c4F)c(Cl)cc23)C[C@@H]1C.C=CC(=O)N1[C@H](C)CN(c2c(C#N)c(=O)n(-c3c(C)ccnc3C(C)C)c3nc(-c4c(N)c(Cl)c(Cl)c(F)c4F)c(Cl)cc23)C[C@@H]1C. The average Bonchev–Trinajstić information content (AvgIpc) is 0.725. The Balaban J connectivity index is 0.000000178. The van der Waals surface area contributed by atoms with Crippen molar-refractivity contribution in [2.75, 3.05) is 71.2 Å². The molecule has 0 aliphatic carbocycles. The molecule has 12 heterocycles. The number of pyridine rings is 9. The lowest BCUT2D eigenvalue weighted by molar-refractivity contribution is -0.131. The minimum absolute atomic E-state index is 0.0171. The number of nitrogen functional groups attached to an aromatic ring is 3. The van der Waals surface area contributed by atoms with Crippen LogP contribution in [0.2, 0.25) is 45.2 Å². The number of hydrogen-bond donors (Lipinski definition) is 3. The molecule has 12 aromatic rings. The molecule has 9 aromatic heterocycles. The maximum atomic E-state index is 15.5. The minimum atomic E-state index is -1.45. The predicted octanol–water partition coefficient (Wildman–Crippen LogP) is 21.6. The van der Waals surface area contributed by atoms with Gasteiger partial charge in [-0.1, -0.05) is 166 Å². The lowest BCUT2D eigenvalue weighted by Crippen LogP contribution is -2.58. The van der Waals surface area contributed by atoms with E-state index in [4.69, 9.17) is 122 Å². The molecule has 42 heteroatoms. The summed E-state index contributed by atoms with van der Waals surface area (Å²) in [5, 5.41) is 28.4. The highest BCUT2D eigenvalue weighted by atomic mass is 35.5. The minimum Gasteiger partial charge on any atom is -0.397 e. The molecule has 0 bridgehead atoms. The highest BCUT2D eigenvalue weighted by Gasteiger charge is 2.42. The van der Waals surface area contributed by atoms with Crippen LogP contribution in [0.1, 0.15) is 151 Å². The average molecular weight is 2100 g/mol. The molecular formula is C99H90Cl9F6N21O6. The first kappa shape index (κ1) is 106. The van der Waals surface area contributed by atoms with Crippen LogP contribution in [0.3, 0.4) is 0 Å². The van der Waals surface area contributed by atoms with E-state index in [9.17, 15) is 57.7 Å². The molecule has 0 saturated carbocycles. The normalized spacial score (nSPS) is 16.6. The van der Waals surface area contributed by atoms with Gasteiger partial charge >= 0.3 is 0 Å². The Bertz CT molecular complexity index is 6860. The summed E-state index contributed by atoms with van der Waals surface area (Å²) in [6.45, 7) is 40.1. The van der Waals surface area contributed by atoms with E-state index in [-0.39, 0.29) is 210 Å². The zero-order valence-corrected chi connectivity index (χ0v) is 85.2. The maximum Gasteiger partial charge on any atom is 0.276 e. The van der Waals surface area contributed by atoms with Crippen molar-refractivity contribution in [2.45, 2.75) is 158 Å². The van der Waals surface area contributed by atoms with Gasteiger partial charge in [0, 0.05) is 110 Å².